The Morgan fingerprint density at radius 1 is 1.15 bits per heavy atom. The van der Waals surface area contributed by atoms with Gasteiger partial charge in [0.1, 0.15) is 0 Å². The first kappa shape index (κ1) is 12.5. The van der Waals surface area contributed by atoms with Gasteiger partial charge in [-0.15, -0.1) is 0 Å². The Morgan fingerprint density at radius 2 is 1.95 bits per heavy atom. The summed E-state index contributed by atoms with van der Waals surface area (Å²) >= 11 is 0. The molecule has 1 heterocycles. The highest BCUT2D eigenvalue weighted by Crippen LogP contribution is 2.20. The minimum Gasteiger partial charge on any atom is -0.399 e. The lowest BCUT2D eigenvalue weighted by molar-refractivity contribution is 0.803. The lowest BCUT2D eigenvalue weighted by Crippen LogP contribution is -2.23. The van der Waals surface area contributed by atoms with Crippen molar-refractivity contribution in [1.82, 2.24) is 9.97 Å². The summed E-state index contributed by atoms with van der Waals surface area (Å²) in [5, 5.41) is 0. The summed E-state index contributed by atoms with van der Waals surface area (Å²) < 4.78 is 0. The Morgan fingerprint density at radius 3 is 2.70 bits per heavy atom. The number of nitrogens with zero attached hydrogens (tertiary/aromatic N) is 2. The number of anilines is 2. The molecule has 0 spiro atoms. The highest BCUT2D eigenvalue weighted by atomic mass is 15.3. The van der Waals surface area contributed by atoms with Crippen LogP contribution in [-0.2, 0) is 6.54 Å². The van der Waals surface area contributed by atoms with Crippen LogP contribution in [0.15, 0.2) is 48.5 Å². The SMILES string of the molecule is CCN(Cc1ccccc1)c1nc2ccc(N)cc2[nH]1. The smallest absolute Gasteiger partial charge is 0.204 e. The summed E-state index contributed by atoms with van der Waals surface area (Å²) in [4.78, 5) is 10.2. The van der Waals surface area contributed by atoms with Crippen LogP contribution < -0.4 is 10.6 Å². The van der Waals surface area contributed by atoms with Crippen LogP contribution in [0.2, 0.25) is 0 Å². The second-order valence-electron chi connectivity index (χ2n) is 4.84. The maximum atomic E-state index is 5.80. The molecule has 20 heavy (non-hydrogen) atoms. The second-order valence-corrected chi connectivity index (χ2v) is 4.84. The molecule has 0 fully saturated rings. The average Bonchev–Trinajstić information content (AvgIpc) is 2.88. The molecule has 0 radical (unpaired) electrons. The Hall–Kier alpha value is -2.49. The van der Waals surface area contributed by atoms with E-state index in [4.69, 9.17) is 5.73 Å². The number of aromatic nitrogens is 2. The Balaban J connectivity index is 1.91. The van der Waals surface area contributed by atoms with E-state index in [2.05, 4.69) is 46.1 Å². The number of nitrogen functional groups attached to an aromatic ring is 1. The summed E-state index contributed by atoms with van der Waals surface area (Å²) in [6, 6.07) is 16.1. The topological polar surface area (TPSA) is 57.9 Å². The van der Waals surface area contributed by atoms with Gasteiger partial charge in [-0.1, -0.05) is 30.3 Å². The van der Waals surface area contributed by atoms with Crippen LogP contribution in [0.3, 0.4) is 0 Å². The van der Waals surface area contributed by atoms with Crippen molar-refractivity contribution >= 4 is 22.7 Å². The van der Waals surface area contributed by atoms with Crippen LogP contribution in [-0.4, -0.2) is 16.5 Å². The molecule has 0 aliphatic carbocycles. The van der Waals surface area contributed by atoms with Gasteiger partial charge in [-0.2, -0.15) is 0 Å². The maximum Gasteiger partial charge on any atom is 0.204 e. The van der Waals surface area contributed by atoms with E-state index in [1.54, 1.807) is 0 Å². The summed E-state index contributed by atoms with van der Waals surface area (Å²) in [5.74, 6) is 0.886. The molecule has 0 aliphatic rings. The first-order chi connectivity index (χ1) is 9.76. The molecule has 0 amide bonds. The van der Waals surface area contributed by atoms with Gasteiger partial charge in [-0.05, 0) is 30.7 Å². The number of imidazole rings is 1. The molecule has 3 N–H and O–H groups in total. The van der Waals surface area contributed by atoms with E-state index >= 15 is 0 Å². The van der Waals surface area contributed by atoms with Gasteiger partial charge in [0.05, 0.1) is 11.0 Å². The Labute approximate surface area is 118 Å². The van der Waals surface area contributed by atoms with Gasteiger partial charge in [-0.3, -0.25) is 0 Å². The Bertz CT molecular complexity index is 703. The van der Waals surface area contributed by atoms with Gasteiger partial charge < -0.3 is 15.6 Å². The fraction of sp³-hybridized carbons (Fsp3) is 0.188. The molecule has 2 aromatic carbocycles. The molecule has 102 valence electrons. The van der Waals surface area contributed by atoms with Crippen LogP contribution in [0, 0.1) is 0 Å². The highest BCUT2D eigenvalue weighted by Gasteiger charge is 2.10. The number of nitrogens with two attached hydrogens (primary N) is 1. The molecule has 4 heteroatoms. The normalized spacial score (nSPS) is 10.8. The average molecular weight is 266 g/mol. The standard InChI is InChI=1S/C16H18N4/c1-2-20(11-12-6-4-3-5-7-12)16-18-14-9-8-13(17)10-15(14)19-16/h3-10H,2,11,17H2,1H3,(H,18,19). The third-order valence-electron chi connectivity index (χ3n) is 3.39. The Kier molecular flexibility index (Phi) is 3.29. The molecule has 0 saturated carbocycles. The number of rotatable bonds is 4. The molecule has 0 bridgehead atoms. The molecule has 4 nitrogen and oxygen atoms in total. The van der Waals surface area contributed by atoms with Crippen LogP contribution in [0.5, 0.6) is 0 Å². The van der Waals surface area contributed by atoms with Gasteiger partial charge >= 0.3 is 0 Å². The van der Waals surface area contributed by atoms with Gasteiger partial charge in [0, 0.05) is 18.8 Å². The zero-order chi connectivity index (χ0) is 13.9. The van der Waals surface area contributed by atoms with Crippen molar-refractivity contribution < 1.29 is 0 Å². The number of hydrogen-bond donors (Lipinski definition) is 2. The fourth-order valence-corrected chi connectivity index (χ4v) is 2.30. The number of nitrogens with one attached hydrogen (secondary N) is 1. The van der Waals surface area contributed by atoms with Gasteiger partial charge in [-0.25, -0.2) is 4.98 Å². The fourth-order valence-electron chi connectivity index (χ4n) is 2.30. The van der Waals surface area contributed by atoms with E-state index in [1.165, 1.54) is 5.56 Å². The quantitative estimate of drug-likeness (QED) is 0.713. The van der Waals surface area contributed by atoms with Crippen LogP contribution in [0.1, 0.15) is 12.5 Å². The monoisotopic (exact) mass is 266 g/mol. The zero-order valence-electron chi connectivity index (χ0n) is 11.5. The number of hydrogen-bond acceptors (Lipinski definition) is 3. The third kappa shape index (κ3) is 2.45. The number of fused-ring (bicyclic) bond motifs is 1. The zero-order valence-corrected chi connectivity index (χ0v) is 11.5. The predicted octanol–water partition coefficient (Wildman–Crippen LogP) is 3.17. The molecule has 3 aromatic rings. The van der Waals surface area contributed by atoms with Crippen molar-refractivity contribution in [2.75, 3.05) is 17.2 Å². The number of aromatic amines is 1. The highest BCUT2D eigenvalue weighted by molar-refractivity contribution is 5.80. The number of H-pyrrole nitrogens is 1. The van der Waals surface area contributed by atoms with Crippen LogP contribution >= 0.6 is 0 Å². The summed E-state index contributed by atoms with van der Waals surface area (Å²) in [7, 11) is 0. The summed E-state index contributed by atoms with van der Waals surface area (Å²) in [6.45, 7) is 3.86. The molecule has 0 unspecified atom stereocenters. The van der Waals surface area contributed by atoms with Crippen molar-refractivity contribution in [3.05, 3.63) is 54.1 Å². The molecule has 0 atom stereocenters. The summed E-state index contributed by atoms with van der Waals surface area (Å²) in [5.41, 5.74) is 9.75. The molecule has 0 aliphatic heterocycles. The van der Waals surface area contributed by atoms with Crippen molar-refractivity contribution in [2.24, 2.45) is 0 Å². The summed E-state index contributed by atoms with van der Waals surface area (Å²) in [6.07, 6.45) is 0. The molecular formula is C16H18N4. The molecule has 3 rings (SSSR count). The van der Waals surface area contributed by atoms with E-state index < -0.39 is 0 Å². The first-order valence-corrected chi connectivity index (χ1v) is 6.80. The lowest BCUT2D eigenvalue weighted by Gasteiger charge is -2.19. The largest absolute Gasteiger partial charge is 0.399 e. The number of benzene rings is 2. The minimum absolute atomic E-state index is 0.749. The van der Waals surface area contributed by atoms with Crippen LogP contribution in [0.4, 0.5) is 11.6 Å². The van der Waals surface area contributed by atoms with Gasteiger partial charge in [0.25, 0.3) is 0 Å². The van der Waals surface area contributed by atoms with Crippen molar-refractivity contribution in [1.29, 1.82) is 0 Å². The van der Waals surface area contributed by atoms with Gasteiger partial charge in [0.2, 0.25) is 5.95 Å². The first-order valence-electron chi connectivity index (χ1n) is 6.80. The lowest BCUT2D eigenvalue weighted by atomic mass is 10.2. The van der Waals surface area contributed by atoms with Crippen molar-refractivity contribution in [2.45, 2.75) is 13.5 Å². The van der Waals surface area contributed by atoms with Crippen molar-refractivity contribution in [3.63, 3.8) is 0 Å². The second kappa shape index (κ2) is 5.25. The predicted molar refractivity (Wildman–Crippen MR) is 83.7 cm³/mol. The van der Waals surface area contributed by atoms with E-state index in [9.17, 15) is 0 Å². The minimum atomic E-state index is 0.749. The van der Waals surface area contributed by atoms with E-state index in [1.807, 2.05) is 24.3 Å². The van der Waals surface area contributed by atoms with E-state index in [0.29, 0.717) is 0 Å². The molecule has 0 saturated heterocycles. The van der Waals surface area contributed by atoms with Gasteiger partial charge in [0.15, 0.2) is 0 Å². The van der Waals surface area contributed by atoms with E-state index in [0.717, 1.165) is 35.8 Å². The van der Waals surface area contributed by atoms with Crippen molar-refractivity contribution in [3.8, 4) is 0 Å². The third-order valence-corrected chi connectivity index (χ3v) is 3.39. The maximum absolute atomic E-state index is 5.80. The molecule has 1 aromatic heterocycles. The van der Waals surface area contributed by atoms with E-state index in [-0.39, 0.29) is 0 Å². The molecular weight excluding hydrogens is 248 g/mol. The van der Waals surface area contributed by atoms with Crippen LogP contribution in [0.25, 0.3) is 11.0 Å².